The van der Waals surface area contributed by atoms with Crippen molar-refractivity contribution in [3.8, 4) is 23.7 Å². The van der Waals surface area contributed by atoms with Gasteiger partial charge in [-0.15, -0.1) is 0 Å². The molecule has 5 rings (SSSR count). The Kier molecular flexibility index (Phi) is 7.02. The minimum Gasteiger partial charge on any atom is -0.207 e. The molecule has 0 saturated heterocycles. The lowest BCUT2D eigenvalue weighted by Crippen LogP contribution is -1.82. The number of hydrogen-bond donors (Lipinski definition) is 0. The van der Waals surface area contributed by atoms with Crippen LogP contribution in [-0.2, 0) is 0 Å². The quantitative estimate of drug-likeness (QED) is 0.167. The lowest BCUT2D eigenvalue weighted by atomic mass is 10.00. The fourth-order valence-corrected chi connectivity index (χ4v) is 3.57. The Bertz CT molecular complexity index is 1480. The zero-order valence-corrected chi connectivity index (χ0v) is 19.0. The summed E-state index contributed by atoms with van der Waals surface area (Å²) in [5.74, 6) is 11.7. The summed E-state index contributed by atoms with van der Waals surface area (Å²) in [6, 6.07) is 28.9. The van der Waals surface area contributed by atoms with Crippen molar-refractivity contribution in [2.45, 2.75) is 13.8 Å². The van der Waals surface area contributed by atoms with E-state index in [2.05, 4.69) is 35.8 Å². The minimum atomic E-state index is -0.290. The molecule has 5 aromatic carbocycles. The van der Waals surface area contributed by atoms with Crippen LogP contribution in [0.3, 0.4) is 0 Å². The molecule has 0 atom stereocenters. The molecule has 5 aromatic rings. The van der Waals surface area contributed by atoms with Crippen molar-refractivity contribution in [1.29, 1.82) is 0 Å². The predicted molar refractivity (Wildman–Crippen MR) is 138 cm³/mol. The Balaban J connectivity index is 0.00000133. The maximum Gasteiger partial charge on any atom is 0.124 e. The molecule has 0 N–H and O–H groups in total. The van der Waals surface area contributed by atoms with Crippen molar-refractivity contribution in [1.82, 2.24) is 0 Å². The highest BCUT2D eigenvalue weighted by molar-refractivity contribution is 5.99. The number of fused-ring (bicyclic) bond motifs is 2. The highest BCUT2D eigenvalue weighted by atomic mass is 19.1. The van der Waals surface area contributed by atoms with Gasteiger partial charge in [-0.1, -0.05) is 61.8 Å². The molecule has 0 nitrogen and oxygen atoms in total. The van der Waals surface area contributed by atoms with Crippen LogP contribution >= 0.6 is 0 Å². The second-order valence-electron chi connectivity index (χ2n) is 7.50. The molecule has 0 amide bonds. The lowest BCUT2D eigenvalue weighted by Gasteiger charge is -2.04. The average Bonchev–Trinajstić information content (AvgIpc) is 2.86. The summed E-state index contributed by atoms with van der Waals surface area (Å²) in [5, 5.41) is 4.37. The fraction of sp³-hybridized carbons (Fsp3) is 0.0625. The van der Waals surface area contributed by atoms with E-state index in [1.807, 2.05) is 50.2 Å². The Morgan fingerprint density at radius 1 is 0.412 bits per heavy atom. The van der Waals surface area contributed by atoms with Gasteiger partial charge in [-0.3, -0.25) is 0 Å². The molecular formula is C32H22F2. The smallest absolute Gasteiger partial charge is 0.124 e. The summed E-state index contributed by atoms with van der Waals surface area (Å²) in [5.41, 5.74) is 3.04. The lowest BCUT2D eigenvalue weighted by molar-refractivity contribution is 0.627. The van der Waals surface area contributed by atoms with Crippen LogP contribution in [0.5, 0.6) is 0 Å². The summed E-state index contributed by atoms with van der Waals surface area (Å²) in [7, 11) is 0. The Labute approximate surface area is 198 Å². The van der Waals surface area contributed by atoms with E-state index in [4.69, 9.17) is 0 Å². The van der Waals surface area contributed by atoms with E-state index in [-0.39, 0.29) is 11.6 Å². The van der Waals surface area contributed by atoms with Crippen LogP contribution in [0.2, 0.25) is 0 Å². The van der Waals surface area contributed by atoms with Crippen LogP contribution in [0.1, 0.15) is 36.1 Å². The van der Waals surface area contributed by atoms with Crippen LogP contribution in [0.25, 0.3) is 21.5 Å². The van der Waals surface area contributed by atoms with E-state index in [9.17, 15) is 8.78 Å². The van der Waals surface area contributed by atoms with Gasteiger partial charge in [-0.05, 0) is 94.3 Å². The van der Waals surface area contributed by atoms with Crippen molar-refractivity contribution >= 4 is 21.5 Å². The second-order valence-corrected chi connectivity index (χ2v) is 7.50. The van der Waals surface area contributed by atoms with Crippen molar-refractivity contribution in [2.24, 2.45) is 0 Å². The molecule has 0 aromatic heterocycles. The molecule has 0 aliphatic carbocycles. The molecule has 164 valence electrons. The molecule has 34 heavy (non-hydrogen) atoms. The molecule has 0 bridgehead atoms. The van der Waals surface area contributed by atoms with Gasteiger partial charge in [-0.25, -0.2) is 8.78 Å². The SMILES string of the molecule is CC.Fc1cccc(C#Cc2ccc3cc4cc(C#Cc5cccc(F)c5)ccc4cc3c2)c1. The van der Waals surface area contributed by atoms with E-state index in [0.29, 0.717) is 11.1 Å². The van der Waals surface area contributed by atoms with Gasteiger partial charge in [-0.2, -0.15) is 0 Å². The molecule has 0 aliphatic rings. The first kappa shape index (κ1) is 22.8. The summed E-state index contributed by atoms with van der Waals surface area (Å²) in [6.07, 6.45) is 0. The number of hydrogen-bond acceptors (Lipinski definition) is 0. The molecule has 0 fully saturated rings. The first-order valence-electron chi connectivity index (χ1n) is 11.2. The number of benzene rings is 5. The third kappa shape index (κ3) is 5.50. The minimum absolute atomic E-state index is 0.290. The van der Waals surface area contributed by atoms with E-state index in [0.717, 1.165) is 32.7 Å². The van der Waals surface area contributed by atoms with Gasteiger partial charge in [0.25, 0.3) is 0 Å². The molecular weight excluding hydrogens is 422 g/mol. The van der Waals surface area contributed by atoms with Crippen molar-refractivity contribution in [3.63, 3.8) is 0 Å². The van der Waals surface area contributed by atoms with E-state index >= 15 is 0 Å². The van der Waals surface area contributed by atoms with Gasteiger partial charge in [0.15, 0.2) is 0 Å². The molecule has 0 radical (unpaired) electrons. The highest BCUT2D eigenvalue weighted by Crippen LogP contribution is 2.24. The van der Waals surface area contributed by atoms with Gasteiger partial charge in [0.05, 0.1) is 0 Å². The Morgan fingerprint density at radius 2 is 0.794 bits per heavy atom. The monoisotopic (exact) mass is 444 g/mol. The average molecular weight is 445 g/mol. The largest absolute Gasteiger partial charge is 0.207 e. The molecule has 0 unspecified atom stereocenters. The first-order chi connectivity index (χ1) is 16.6. The third-order valence-corrected chi connectivity index (χ3v) is 5.15. The molecule has 0 aliphatic heterocycles. The second kappa shape index (κ2) is 10.5. The van der Waals surface area contributed by atoms with Crippen LogP contribution in [-0.4, -0.2) is 0 Å². The van der Waals surface area contributed by atoms with Crippen LogP contribution in [0.15, 0.2) is 97.1 Å². The molecule has 0 saturated carbocycles. The molecule has 0 spiro atoms. The van der Waals surface area contributed by atoms with Crippen molar-refractivity contribution < 1.29 is 8.78 Å². The van der Waals surface area contributed by atoms with Gasteiger partial charge >= 0.3 is 0 Å². The van der Waals surface area contributed by atoms with Crippen molar-refractivity contribution in [2.75, 3.05) is 0 Å². The van der Waals surface area contributed by atoms with Gasteiger partial charge in [0.1, 0.15) is 11.6 Å². The summed E-state index contributed by atoms with van der Waals surface area (Å²) < 4.78 is 26.7. The standard InChI is InChI=1S/C30H16F2.C2H6/c31-29-5-1-3-21(17-29)7-9-23-11-13-25-20-28-16-24(12-14-26(28)19-27(25)15-23)10-8-22-4-2-6-30(32)18-22;1-2/h1-6,11-20H;1-2H3. The topological polar surface area (TPSA) is 0 Å². The maximum absolute atomic E-state index is 13.3. The van der Waals surface area contributed by atoms with Crippen LogP contribution in [0.4, 0.5) is 8.78 Å². The van der Waals surface area contributed by atoms with Gasteiger partial charge in [0, 0.05) is 22.3 Å². The van der Waals surface area contributed by atoms with Crippen LogP contribution in [0, 0.1) is 35.3 Å². The summed E-state index contributed by atoms with van der Waals surface area (Å²) >= 11 is 0. The third-order valence-electron chi connectivity index (χ3n) is 5.15. The zero-order chi connectivity index (χ0) is 23.9. The van der Waals surface area contributed by atoms with Crippen LogP contribution < -0.4 is 0 Å². The number of rotatable bonds is 0. The van der Waals surface area contributed by atoms with E-state index < -0.39 is 0 Å². The Hall–Kier alpha value is -4.40. The highest BCUT2D eigenvalue weighted by Gasteiger charge is 2.01. The normalized spacial score (nSPS) is 9.88. The Morgan fingerprint density at radius 3 is 1.18 bits per heavy atom. The summed E-state index contributed by atoms with van der Waals surface area (Å²) in [6.45, 7) is 4.00. The van der Waals surface area contributed by atoms with Gasteiger partial charge in [0.2, 0.25) is 0 Å². The molecule has 0 heterocycles. The van der Waals surface area contributed by atoms with Crippen molar-refractivity contribution in [3.05, 3.63) is 131 Å². The van der Waals surface area contributed by atoms with E-state index in [1.165, 1.54) is 24.3 Å². The number of halogens is 2. The van der Waals surface area contributed by atoms with E-state index in [1.54, 1.807) is 24.3 Å². The first-order valence-corrected chi connectivity index (χ1v) is 11.2. The maximum atomic E-state index is 13.3. The summed E-state index contributed by atoms with van der Waals surface area (Å²) in [4.78, 5) is 0. The fourth-order valence-electron chi connectivity index (χ4n) is 3.57. The van der Waals surface area contributed by atoms with Gasteiger partial charge < -0.3 is 0 Å². The predicted octanol–water partition coefficient (Wildman–Crippen LogP) is 8.10. The molecule has 2 heteroatoms. The zero-order valence-electron chi connectivity index (χ0n) is 19.0.